The number of hydrogen-bond donors (Lipinski definition) is 0. The molecule has 0 saturated heterocycles. The van der Waals surface area contributed by atoms with Crippen LogP contribution in [0, 0.1) is 27.7 Å². The predicted octanol–water partition coefficient (Wildman–Crippen LogP) is 19.8. The molecule has 1 aliphatic carbocycles. The Morgan fingerprint density at radius 2 is 0.549 bits per heavy atom. The molecule has 82 heavy (non-hydrogen) atoms. The summed E-state index contributed by atoms with van der Waals surface area (Å²) in [6.45, 7) is 15.9. The molecule has 8 nitrogen and oxygen atoms in total. The lowest BCUT2D eigenvalue weighted by atomic mass is 9.74. The highest BCUT2D eigenvalue weighted by Gasteiger charge is 2.49. The van der Waals surface area contributed by atoms with Crippen molar-refractivity contribution in [2.24, 2.45) is 0 Å². The van der Waals surface area contributed by atoms with Gasteiger partial charge in [0.15, 0.2) is 0 Å². The van der Waals surface area contributed by atoms with Crippen molar-refractivity contribution in [3.05, 3.63) is 263 Å². The standard InChI is InChI=1S/C74H72N4O4/c1-50-12-20-55(21-13-50)75(56-22-14-51(2)15-23-56)63-44-54(45-64(46-63)76(58-28-36-66(79-8)37-29-58)59-30-38-67(80-9)39-31-59)74(7)49-73(5,6)70-47-65(77(57-24-16-52(3)17-25-57)60-32-40-68(81-10)41-33-60)48-71(72(70)74)78(61-26-18-53(4)19-27-61)62-34-42-69(82-11)43-35-62/h12-48H,49H2,1-11H3. The quantitative estimate of drug-likeness (QED) is 0.0894. The van der Waals surface area contributed by atoms with Crippen LogP contribution in [0.2, 0.25) is 0 Å². The second-order valence-corrected chi connectivity index (χ2v) is 22.5. The lowest BCUT2D eigenvalue weighted by Crippen LogP contribution is -2.26. The molecule has 0 amide bonds. The number of ether oxygens (including phenoxy) is 4. The van der Waals surface area contributed by atoms with Gasteiger partial charge in [-0.2, -0.15) is 0 Å². The van der Waals surface area contributed by atoms with Gasteiger partial charge >= 0.3 is 0 Å². The van der Waals surface area contributed by atoms with E-state index in [4.69, 9.17) is 18.9 Å². The molecule has 0 fully saturated rings. The summed E-state index contributed by atoms with van der Waals surface area (Å²) in [5.41, 5.74) is 19.8. The highest BCUT2D eigenvalue weighted by Crippen LogP contribution is 2.60. The van der Waals surface area contributed by atoms with Gasteiger partial charge in [-0.1, -0.05) is 91.6 Å². The predicted molar refractivity (Wildman–Crippen MR) is 341 cm³/mol. The molecular weight excluding hydrogens is 1010 g/mol. The minimum Gasteiger partial charge on any atom is -0.497 e. The van der Waals surface area contributed by atoms with Crippen LogP contribution in [0.4, 0.5) is 68.2 Å². The third-order valence-corrected chi connectivity index (χ3v) is 16.2. The van der Waals surface area contributed by atoms with E-state index in [0.717, 1.165) is 97.7 Å². The lowest BCUT2D eigenvalue weighted by molar-refractivity contribution is 0.414. The van der Waals surface area contributed by atoms with Gasteiger partial charge in [0.25, 0.3) is 0 Å². The Balaban J connectivity index is 1.25. The van der Waals surface area contributed by atoms with E-state index in [9.17, 15) is 0 Å². The first-order valence-electron chi connectivity index (χ1n) is 28.0. The van der Waals surface area contributed by atoms with Crippen LogP contribution in [0.3, 0.4) is 0 Å². The van der Waals surface area contributed by atoms with Crippen LogP contribution in [0.5, 0.6) is 23.0 Å². The Kier molecular flexibility index (Phi) is 15.0. The molecule has 0 radical (unpaired) electrons. The molecule has 0 saturated carbocycles. The monoisotopic (exact) mass is 1080 g/mol. The van der Waals surface area contributed by atoms with Crippen molar-refractivity contribution in [2.75, 3.05) is 48.0 Å². The van der Waals surface area contributed by atoms with Crippen LogP contribution in [-0.2, 0) is 10.8 Å². The van der Waals surface area contributed by atoms with Crippen molar-refractivity contribution in [1.82, 2.24) is 0 Å². The van der Waals surface area contributed by atoms with Crippen molar-refractivity contribution in [3.8, 4) is 23.0 Å². The summed E-state index contributed by atoms with van der Waals surface area (Å²) in [4.78, 5) is 9.60. The molecule has 1 unspecified atom stereocenters. The van der Waals surface area contributed by atoms with Crippen molar-refractivity contribution < 1.29 is 18.9 Å². The van der Waals surface area contributed by atoms with Gasteiger partial charge in [0.2, 0.25) is 0 Å². The topological polar surface area (TPSA) is 49.9 Å². The second kappa shape index (κ2) is 22.6. The van der Waals surface area contributed by atoms with Crippen molar-refractivity contribution in [2.45, 2.75) is 65.7 Å². The fourth-order valence-electron chi connectivity index (χ4n) is 12.0. The summed E-state index contributed by atoms with van der Waals surface area (Å²) < 4.78 is 23.0. The van der Waals surface area contributed by atoms with Gasteiger partial charge in [-0.25, -0.2) is 0 Å². The summed E-state index contributed by atoms with van der Waals surface area (Å²) in [6, 6.07) is 81.2. The number of rotatable bonds is 17. The number of nitrogens with zero attached hydrogens (tertiary/aromatic N) is 4. The number of aryl methyl sites for hydroxylation is 4. The Labute approximate surface area is 485 Å². The molecule has 0 heterocycles. The summed E-state index contributed by atoms with van der Waals surface area (Å²) in [7, 11) is 6.86. The maximum Gasteiger partial charge on any atom is 0.119 e. The summed E-state index contributed by atoms with van der Waals surface area (Å²) in [5, 5.41) is 0. The molecule has 0 aliphatic heterocycles. The first-order chi connectivity index (χ1) is 39.7. The Morgan fingerprint density at radius 3 is 0.829 bits per heavy atom. The van der Waals surface area contributed by atoms with Crippen molar-refractivity contribution in [1.29, 1.82) is 0 Å². The smallest absolute Gasteiger partial charge is 0.119 e. The zero-order chi connectivity index (χ0) is 57.3. The molecule has 11 rings (SSSR count). The van der Waals surface area contributed by atoms with Crippen molar-refractivity contribution >= 4 is 68.2 Å². The summed E-state index contributed by atoms with van der Waals surface area (Å²) in [6.07, 6.45) is 0.798. The van der Waals surface area contributed by atoms with E-state index in [-0.39, 0.29) is 5.41 Å². The van der Waals surface area contributed by atoms with Gasteiger partial charge in [0.05, 0.1) is 34.1 Å². The van der Waals surface area contributed by atoms with Crippen molar-refractivity contribution in [3.63, 3.8) is 0 Å². The van der Waals surface area contributed by atoms with Gasteiger partial charge in [0, 0.05) is 68.0 Å². The van der Waals surface area contributed by atoms with Gasteiger partial charge in [-0.3, -0.25) is 0 Å². The zero-order valence-electron chi connectivity index (χ0n) is 49.0. The molecule has 1 aliphatic rings. The van der Waals surface area contributed by atoms with Crippen LogP contribution >= 0.6 is 0 Å². The van der Waals surface area contributed by atoms with Gasteiger partial charge in [-0.15, -0.1) is 0 Å². The molecule has 8 heteroatoms. The molecule has 1 atom stereocenters. The van der Waals surface area contributed by atoms with E-state index in [0.29, 0.717) is 0 Å². The van der Waals surface area contributed by atoms with E-state index in [1.165, 1.54) is 38.9 Å². The average Bonchev–Trinajstić information content (AvgIpc) is 3.99. The van der Waals surface area contributed by atoms with Crippen LogP contribution < -0.4 is 38.5 Å². The first-order valence-corrected chi connectivity index (χ1v) is 28.0. The summed E-state index contributed by atoms with van der Waals surface area (Å²) >= 11 is 0. The molecule has 0 N–H and O–H groups in total. The number of hydrogen-bond acceptors (Lipinski definition) is 8. The molecule has 10 aromatic rings. The second-order valence-electron chi connectivity index (χ2n) is 22.5. The van der Waals surface area contributed by atoms with Crippen LogP contribution in [-0.4, -0.2) is 28.4 Å². The highest BCUT2D eigenvalue weighted by atomic mass is 16.5. The molecule has 0 spiro atoms. The van der Waals surface area contributed by atoms with Gasteiger partial charge in [-0.05, 0) is 232 Å². The first kappa shape index (κ1) is 54.6. The maximum absolute atomic E-state index is 5.81. The molecule has 10 aromatic carbocycles. The molecule has 0 bridgehead atoms. The van der Waals surface area contributed by atoms with E-state index in [1.807, 2.05) is 36.4 Å². The largest absolute Gasteiger partial charge is 0.497 e. The molecule has 412 valence electrons. The van der Waals surface area contributed by atoms with E-state index in [1.54, 1.807) is 28.4 Å². The molecule has 0 aromatic heterocycles. The SMILES string of the molecule is COc1ccc(N(c2ccc(OC)cc2)c2cc(N(c3ccc(C)cc3)c3ccc(C)cc3)cc(C3(C)CC(C)(C)c4cc(N(c5ccc(C)cc5)c5ccc(OC)cc5)cc(N(c5ccc(C)cc5)c5ccc(OC)cc5)c43)c2)cc1. The minimum atomic E-state index is -0.612. The maximum atomic E-state index is 5.81. The number of anilines is 12. The lowest BCUT2D eigenvalue weighted by Gasteiger charge is -2.37. The fraction of sp³-hybridized carbons (Fsp3) is 0.189. The van der Waals surface area contributed by atoms with Crippen LogP contribution in [0.15, 0.2) is 224 Å². The number of fused-ring (bicyclic) bond motifs is 1. The van der Waals surface area contributed by atoms with E-state index < -0.39 is 5.41 Å². The number of methoxy groups -OCH3 is 4. The van der Waals surface area contributed by atoms with E-state index >= 15 is 0 Å². The fourth-order valence-corrected chi connectivity index (χ4v) is 12.0. The number of benzene rings is 10. The Bertz CT molecular complexity index is 3730. The van der Waals surface area contributed by atoms with Gasteiger partial charge in [0.1, 0.15) is 23.0 Å². The highest BCUT2D eigenvalue weighted by molar-refractivity contribution is 5.90. The Hall–Kier alpha value is -9.40. The Morgan fingerprint density at radius 1 is 0.293 bits per heavy atom. The zero-order valence-corrected chi connectivity index (χ0v) is 49.0. The average molecular weight is 1080 g/mol. The van der Waals surface area contributed by atoms with Crippen LogP contribution in [0.25, 0.3) is 0 Å². The van der Waals surface area contributed by atoms with Crippen LogP contribution in [0.1, 0.15) is 66.1 Å². The van der Waals surface area contributed by atoms with E-state index in [2.05, 4.69) is 256 Å². The normalized spacial score (nSPS) is 14.1. The molecular formula is C74H72N4O4. The van der Waals surface area contributed by atoms with Gasteiger partial charge < -0.3 is 38.5 Å². The summed E-state index contributed by atoms with van der Waals surface area (Å²) in [5.74, 6) is 3.15. The third kappa shape index (κ3) is 10.7. The third-order valence-electron chi connectivity index (χ3n) is 16.2. The minimum absolute atomic E-state index is 0.345.